The molecule has 6 nitrogen and oxygen atoms in total. The fraction of sp³-hybridized carbons (Fsp3) is 0.0526. The number of hydrogen-bond acceptors (Lipinski definition) is 6. The normalized spacial score (nSPS) is 10.2. The van der Waals surface area contributed by atoms with Gasteiger partial charge in [-0.3, -0.25) is 5.41 Å². The summed E-state index contributed by atoms with van der Waals surface area (Å²) in [4.78, 5) is 0. The molecule has 1 aromatic heterocycles. The van der Waals surface area contributed by atoms with Crippen molar-refractivity contribution in [3.63, 3.8) is 0 Å². The third kappa shape index (κ3) is 4.20. The molecule has 2 aromatic carbocycles. The predicted molar refractivity (Wildman–Crippen MR) is 105 cm³/mol. The fourth-order valence-corrected chi connectivity index (χ4v) is 2.93. The first-order valence-electron chi connectivity index (χ1n) is 7.89. The summed E-state index contributed by atoms with van der Waals surface area (Å²) in [7, 11) is 0. The molecular formula is C19H18N4O2S. The number of aromatic nitrogens is 1. The van der Waals surface area contributed by atoms with Crippen LogP contribution in [0.5, 0.6) is 17.4 Å². The zero-order valence-electron chi connectivity index (χ0n) is 13.9. The maximum atomic E-state index is 9.92. The van der Waals surface area contributed by atoms with Crippen molar-refractivity contribution in [2.45, 2.75) is 0 Å². The summed E-state index contributed by atoms with van der Waals surface area (Å²) >= 11 is 1.09. The zero-order valence-corrected chi connectivity index (χ0v) is 14.7. The largest absolute Gasteiger partial charge is 0.492 e. The molecular weight excluding hydrogens is 348 g/mol. The lowest BCUT2D eigenvalue weighted by atomic mass is 10.2. The van der Waals surface area contributed by atoms with Crippen LogP contribution in [0.25, 0.3) is 0 Å². The summed E-state index contributed by atoms with van der Waals surface area (Å²) in [5, 5.41) is 24.6. The molecule has 4 N–H and O–H groups in total. The molecule has 26 heavy (non-hydrogen) atoms. The summed E-state index contributed by atoms with van der Waals surface area (Å²) in [5.41, 5.74) is 1.13. The van der Waals surface area contributed by atoms with Gasteiger partial charge in [0.1, 0.15) is 27.9 Å². The summed E-state index contributed by atoms with van der Waals surface area (Å²) in [5.74, 6) is 1.39. The van der Waals surface area contributed by atoms with Crippen LogP contribution in [0, 0.1) is 5.41 Å². The first-order chi connectivity index (χ1) is 12.7. The highest BCUT2D eigenvalue weighted by molar-refractivity contribution is 7.11. The van der Waals surface area contributed by atoms with Crippen LogP contribution in [0.15, 0.2) is 67.3 Å². The van der Waals surface area contributed by atoms with E-state index >= 15 is 0 Å². The van der Waals surface area contributed by atoms with Crippen molar-refractivity contribution in [3.05, 3.63) is 72.8 Å². The SMILES string of the molecule is C=CCNC(=N)c1c(O)nsc1Nc1ccc(Oc2ccccc2)cc1. The second-order valence-corrected chi connectivity index (χ2v) is 6.09. The number of aromatic hydroxyl groups is 1. The molecule has 132 valence electrons. The monoisotopic (exact) mass is 366 g/mol. The summed E-state index contributed by atoms with van der Waals surface area (Å²) in [6, 6.07) is 17.0. The fourth-order valence-electron chi connectivity index (χ4n) is 2.22. The lowest BCUT2D eigenvalue weighted by molar-refractivity contribution is 0.458. The minimum atomic E-state index is -0.178. The highest BCUT2D eigenvalue weighted by atomic mass is 32.1. The van der Waals surface area contributed by atoms with Crippen molar-refractivity contribution in [2.24, 2.45) is 0 Å². The number of benzene rings is 2. The lowest BCUT2D eigenvalue weighted by Gasteiger charge is -2.10. The van der Waals surface area contributed by atoms with Gasteiger partial charge in [0.25, 0.3) is 0 Å². The Bertz CT molecular complexity index is 892. The molecule has 7 heteroatoms. The van der Waals surface area contributed by atoms with Crippen molar-refractivity contribution in [1.29, 1.82) is 5.41 Å². The molecule has 3 aromatic rings. The molecule has 3 rings (SSSR count). The number of para-hydroxylation sites is 1. The molecule has 0 aliphatic heterocycles. The molecule has 0 saturated carbocycles. The van der Waals surface area contributed by atoms with Gasteiger partial charge in [0.15, 0.2) is 0 Å². The molecule has 1 heterocycles. The maximum absolute atomic E-state index is 9.92. The topological polar surface area (TPSA) is 90.3 Å². The third-order valence-corrected chi connectivity index (χ3v) is 4.19. The van der Waals surface area contributed by atoms with E-state index in [1.54, 1.807) is 6.08 Å². The molecule has 0 aliphatic carbocycles. The van der Waals surface area contributed by atoms with Gasteiger partial charge in [-0.15, -0.1) is 6.58 Å². The number of nitrogens with zero attached hydrogens (tertiary/aromatic N) is 1. The van der Waals surface area contributed by atoms with Crippen LogP contribution < -0.4 is 15.4 Å². The minimum absolute atomic E-state index is 0.0858. The molecule has 0 aliphatic rings. The van der Waals surface area contributed by atoms with E-state index in [1.807, 2.05) is 54.6 Å². The Morgan fingerprint density at radius 1 is 1.15 bits per heavy atom. The molecule has 0 amide bonds. The van der Waals surface area contributed by atoms with Gasteiger partial charge in [-0.25, -0.2) is 0 Å². The van der Waals surface area contributed by atoms with E-state index in [2.05, 4.69) is 21.6 Å². The minimum Gasteiger partial charge on any atom is -0.492 e. The number of nitrogens with one attached hydrogen (secondary N) is 3. The summed E-state index contributed by atoms with van der Waals surface area (Å²) in [6.07, 6.45) is 1.64. The molecule has 0 unspecified atom stereocenters. The van der Waals surface area contributed by atoms with E-state index in [-0.39, 0.29) is 11.7 Å². The second kappa shape index (κ2) is 8.17. The van der Waals surface area contributed by atoms with Gasteiger partial charge in [0.05, 0.1) is 0 Å². The molecule has 0 spiro atoms. The van der Waals surface area contributed by atoms with Crippen LogP contribution in [0.1, 0.15) is 5.56 Å². The van der Waals surface area contributed by atoms with E-state index in [4.69, 9.17) is 10.1 Å². The van der Waals surface area contributed by atoms with Gasteiger partial charge in [-0.1, -0.05) is 24.3 Å². The van der Waals surface area contributed by atoms with Crippen molar-refractivity contribution >= 4 is 28.1 Å². The average Bonchev–Trinajstić information content (AvgIpc) is 3.02. The van der Waals surface area contributed by atoms with Crippen molar-refractivity contribution in [3.8, 4) is 17.4 Å². The van der Waals surface area contributed by atoms with E-state index in [9.17, 15) is 5.11 Å². The quantitative estimate of drug-likeness (QED) is 0.281. The van der Waals surface area contributed by atoms with E-state index in [0.717, 1.165) is 28.7 Å². The van der Waals surface area contributed by atoms with Gasteiger partial charge in [0, 0.05) is 12.2 Å². The van der Waals surface area contributed by atoms with Crippen LogP contribution in [0.2, 0.25) is 0 Å². The Morgan fingerprint density at radius 3 is 2.54 bits per heavy atom. The summed E-state index contributed by atoms with van der Waals surface area (Å²) in [6.45, 7) is 4.03. The average molecular weight is 366 g/mol. The molecule has 0 fully saturated rings. The first kappa shape index (κ1) is 17.5. The van der Waals surface area contributed by atoms with Crippen molar-refractivity contribution in [2.75, 3.05) is 11.9 Å². The Balaban J connectivity index is 1.71. The molecule has 0 atom stereocenters. The highest BCUT2D eigenvalue weighted by Gasteiger charge is 2.17. The Labute approximate surface area is 155 Å². The zero-order chi connectivity index (χ0) is 18.4. The van der Waals surface area contributed by atoms with E-state index in [0.29, 0.717) is 17.1 Å². The van der Waals surface area contributed by atoms with Gasteiger partial charge in [0.2, 0.25) is 5.88 Å². The second-order valence-electron chi connectivity index (χ2n) is 5.32. The van der Waals surface area contributed by atoms with Gasteiger partial charge in [-0.2, -0.15) is 4.37 Å². The van der Waals surface area contributed by atoms with E-state index < -0.39 is 0 Å². The maximum Gasteiger partial charge on any atom is 0.236 e. The molecule has 0 bridgehead atoms. The summed E-state index contributed by atoms with van der Waals surface area (Å²) < 4.78 is 9.68. The lowest BCUT2D eigenvalue weighted by Crippen LogP contribution is -2.23. The van der Waals surface area contributed by atoms with Crippen LogP contribution in [0.3, 0.4) is 0 Å². The van der Waals surface area contributed by atoms with E-state index in [1.165, 1.54) is 0 Å². The number of amidine groups is 1. The molecule has 0 radical (unpaired) electrons. The van der Waals surface area contributed by atoms with Crippen molar-refractivity contribution in [1.82, 2.24) is 9.69 Å². The molecule has 0 saturated heterocycles. The number of anilines is 2. The number of rotatable bonds is 7. The van der Waals surface area contributed by atoms with Crippen LogP contribution in [-0.4, -0.2) is 21.9 Å². The number of hydrogen-bond donors (Lipinski definition) is 4. The van der Waals surface area contributed by atoms with Gasteiger partial charge < -0.3 is 20.5 Å². The first-order valence-corrected chi connectivity index (χ1v) is 8.67. The predicted octanol–water partition coefficient (Wildman–Crippen LogP) is 4.49. The van der Waals surface area contributed by atoms with Crippen molar-refractivity contribution < 1.29 is 9.84 Å². The smallest absolute Gasteiger partial charge is 0.236 e. The van der Waals surface area contributed by atoms with Crippen LogP contribution in [0.4, 0.5) is 10.7 Å². The highest BCUT2D eigenvalue weighted by Crippen LogP contribution is 2.32. The Morgan fingerprint density at radius 2 is 1.85 bits per heavy atom. The Hall–Kier alpha value is -3.32. The standard InChI is InChI=1S/C19H18N4O2S/c1-2-12-21-17(20)16-18(24)23-26-19(16)22-13-8-10-15(11-9-13)25-14-6-4-3-5-7-14/h2-11,22H,1,12H2,(H2,20,21)(H,23,24). The van der Waals surface area contributed by atoms with Gasteiger partial charge >= 0.3 is 0 Å². The Kier molecular flexibility index (Phi) is 5.50. The van der Waals surface area contributed by atoms with Crippen LogP contribution >= 0.6 is 11.5 Å². The van der Waals surface area contributed by atoms with Gasteiger partial charge in [-0.05, 0) is 47.9 Å². The van der Waals surface area contributed by atoms with Crippen LogP contribution in [-0.2, 0) is 0 Å². The number of ether oxygens (including phenoxy) is 1. The third-order valence-electron chi connectivity index (χ3n) is 3.44.